The normalized spacial score (nSPS) is 12.2. The molecule has 0 aliphatic heterocycles. The lowest BCUT2D eigenvalue weighted by atomic mass is 10.1. The molecule has 0 unspecified atom stereocenters. The van der Waals surface area contributed by atoms with Crippen LogP contribution in [0.2, 0.25) is 5.02 Å². The first-order valence-electron chi connectivity index (χ1n) is 5.05. The second-order valence-electron chi connectivity index (χ2n) is 4.04. The molecule has 0 fully saturated rings. The van der Waals surface area contributed by atoms with E-state index >= 15 is 0 Å². The second kappa shape index (κ2) is 4.38. The average molecular weight is 339 g/mol. The van der Waals surface area contributed by atoms with Gasteiger partial charge in [-0.25, -0.2) is 4.98 Å². The summed E-state index contributed by atoms with van der Waals surface area (Å²) in [6.07, 6.45) is -4.51. The molecule has 0 aliphatic rings. The Balaban J connectivity index is 2.93. The van der Waals surface area contributed by atoms with E-state index in [-0.39, 0.29) is 16.1 Å². The Labute approximate surface area is 115 Å². The van der Waals surface area contributed by atoms with Gasteiger partial charge in [0.25, 0.3) is 0 Å². The molecule has 0 saturated carbocycles. The van der Waals surface area contributed by atoms with Crippen LogP contribution in [0.25, 0.3) is 10.9 Å². The van der Waals surface area contributed by atoms with Crippen LogP contribution in [0.1, 0.15) is 16.8 Å². The van der Waals surface area contributed by atoms with E-state index in [4.69, 9.17) is 11.6 Å². The van der Waals surface area contributed by atoms with Gasteiger partial charge >= 0.3 is 6.18 Å². The van der Waals surface area contributed by atoms with E-state index in [1.165, 1.54) is 6.92 Å². The number of benzene rings is 1. The molecule has 6 heteroatoms. The molecular weight excluding hydrogens is 330 g/mol. The maximum absolute atomic E-state index is 12.8. The van der Waals surface area contributed by atoms with Gasteiger partial charge in [0.1, 0.15) is 5.69 Å². The van der Waals surface area contributed by atoms with Crippen LogP contribution in [0.5, 0.6) is 0 Å². The number of rotatable bonds is 0. The van der Waals surface area contributed by atoms with Gasteiger partial charge in [0, 0.05) is 9.86 Å². The van der Waals surface area contributed by atoms with E-state index in [0.29, 0.717) is 9.86 Å². The number of hydrogen-bond donors (Lipinski definition) is 0. The predicted octanol–water partition coefficient (Wildman–Crippen LogP) is 5.29. The van der Waals surface area contributed by atoms with Crippen molar-refractivity contribution in [1.82, 2.24) is 4.98 Å². The molecule has 1 nitrogen and oxygen atoms in total. The minimum Gasteiger partial charge on any atom is -0.242 e. The molecule has 1 aromatic carbocycles. The van der Waals surface area contributed by atoms with Crippen molar-refractivity contribution in [3.05, 3.63) is 38.4 Å². The van der Waals surface area contributed by atoms with E-state index in [1.54, 1.807) is 12.1 Å². The summed E-state index contributed by atoms with van der Waals surface area (Å²) in [4.78, 5) is 3.69. The van der Waals surface area contributed by atoms with E-state index < -0.39 is 11.9 Å². The molecule has 1 heterocycles. The van der Waals surface area contributed by atoms with Crippen molar-refractivity contribution >= 4 is 38.4 Å². The van der Waals surface area contributed by atoms with Gasteiger partial charge < -0.3 is 0 Å². The van der Waals surface area contributed by atoms with E-state index in [9.17, 15) is 13.2 Å². The van der Waals surface area contributed by atoms with E-state index in [2.05, 4.69) is 20.9 Å². The first kappa shape index (κ1) is 13.6. The SMILES string of the molecule is Cc1cc(Br)c2nc(C(F)(F)F)c(C)c(Cl)c2c1. The monoisotopic (exact) mass is 337 g/mol. The smallest absolute Gasteiger partial charge is 0.242 e. The number of hydrogen-bond acceptors (Lipinski definition) is 1. The Morgan fingerprint density at radius 1 is 1.22 bits per heavy atom. The third-order valence-electron chi connectivity index (χ3n) is 2.62. The number of aryl methyl sites for hydroxylation is 1. The highest BCUT2D eigenvalue weighted by atomic mass is 79.9. The third-order valence-corrected chi connectivity index (χ3v) is 3.71. The van der Waals surface area contributed by atoms with Gasteiger partial charge in [0.05, 0.1) is 10.5 Å². The Morgan fingerprint density at radius 3 is 2.39 bits per heavy atom. The largest absolute Gasteiger partial charge is 0.433 e. The van der Waals surface area contributed by atoms with E-state index in [0.717, 1.165) is 5.56 Å². The first-order chi connectivity index (χ1) is 8.21. The van der Waals surface area contributed by atoms with Crippen LogP contribution in [0, 0.1) is 13.8 Å². The molecule has 0 N–H and O–H groups in total. The average Bonchev–Trinajstić information content (AvgIpc) is 2.22. The maximum Gasteiger partial charge on any atom is 0.433 e. The Bertz CT molecular complexity index is 637. The number of aromatic nitrogens is 1. The molecule has 96 valence electrons. The Morgan fingerprint density at radius 2 is 1.83 bits per heavy atom. The van der Waals surface area contributed by atoms with Gasteiger partial charge in [-0.05, 0) is 53.0 Å². The minimum atomic E-state index is -4.51. The van der Waals surface area contributed by atoms with Crippen LogP contribution in [0.3, 0.4) is 0 Å². The second-order valence-corrected chi connectivity index (χ2v) is 5.27. The topological polar surface area (TPSA) is 12.9 Å². The summed E-state index contributed by atoms with van der Waals surface area (Å²) in [7, 11) is 0. The Kier molecular flexibility index (Phi) is 3.32. The summed E-state index contributed by atoms with van der Waals surface area (Å²) in [6, 6.07) is 3.43. The predicted molar refractivity (Wildman–Crippen MR) is 68.9 cm³/mol. The van der Waals surface area contributed by atoms with Crippen LogP contribution in [-0.4, -0.2) is 4.98 Å². The molecule has 0 spiro atoms. The molecular formula is C12H8BrClF3N. The third kappa shape index (κ3) is 2.21. The first-order valence-corrected chi connectivity index (χ1v) is 6.22. The van der Waals surface area contributed by atoms with Crippen molar-refractivity contribution in [2.24, 2.45) is 0 Å². The summed E-state index contributed by atoms with van der Waals surface area (Å²) < 4.78 is 39.0. The van der Waals surface area contributed by atoms with Crippen LogP contribution in [0.15, 0.2) is 16.6 Å². The molecule has 0 aliphatic carbocycles. The van der Waals surface area contributed by atoms with Gasteiger partial charge in [0.2, 0.25) is 0 Å². The highest BCUT2D eigenvalue weighted by molar-refractivity contribution is 9.10. The molecule has 18 heavy (non-hydrogen) atoms. The van der Waals surface area contributed by atoms with Gasteiger partial charge in [-0.1, -0.05) is 11.6 Å². The highest BCUT2D eigenvalue weighted by Crippen LogP contribution is 2.38. The van der Waals surface area contributed by atoms with E-state index in [1.807, 2.05) is 6.92 Å². The lowest BCUT2D eigenvalue weighted by Crippen LogP contribution is -2.11. The van der Waals surface area contributed by atoms with Crippen LogP contribution in [0.4, 0.5) is 13.2 Å². The fraction of sp³-hybridized carbons (Fsp3) is 0.250. The maximum atomic E-state index is 12.8. The number of halogens is 5. The molecule has 0 atom stereocenters. The fourth-order valence-corrected chi connectivity index (χ4v) is 2.69. The molecule has 0 amide bonds. The van der Waals surface area contributed by atoms with Crippen molar-refractivity contribution in [2.75, 3.05) is 0 Å². The fourth-order valence-electron chi connectivity index (χ4n) is 1.79. The van der Waals surface area contributed by atoms with Gasteiger partial charge in [-0.15, -0.1) is 0 Å². The molecule has 2 rings (SSSR count). The van der Waals surface area contributed by atoms with Gasteiger partial charge in [-0.2, -0.15) is 13.2 Å². The number of nitrogens with zero attached hydrogens (tertiary/aromatic N) is 1. The van der Waals surface area contributed by atoms with Crippen molar-refractivity contribution < 1.29 is 13.2 Å². The van der Waals surface area contributed by atoms with Crippen molar-refractivity contribution in [2.45, 2.75) is 20.0 Å². The summed E-state index contributed by atoms with van der Waals surface area (Å²) >= 11 is 9.24. The number of fused-ring (bicyclic) bond motifs is 1. The van der Waals surface area contributed by atoms with Crippen molar-refractivity contribution in [3.8, 4) is 0 Å². The standard InChI is InChI=1S/C12H8BrClF3N/c1-5-3-7-9(14)6(2)11(12(15,16)17)18-10(7)8(13)4-5/h3-4H,1-2H3. The van der Waals surface area contributed by atoms with Crippen molar-refractivity contribution in [1.29, 1.82) is 0 Å². The molecule has 2 aromatic rings. The zero-order valence-electron chi connectivity index (χ0n) is 9.49. The van der Waals surface area contributed by atoms with Crippen LogP contribution >= 0.6 is 27.5 Å². The number of pyridine rings is 1. The van der Waals surface area contributed by atoms with Gasteiger partial charge in [0.15, 0.2) is 0 Å². The summed E-state index contributed by atoms with van der Waals surface area (Å²) in [5, 5.41) is 0.616. The summed E-state index contributed by atoms with van der Waals surface area (Å²) in [6.45, 7) is 3.17. The molecule has 0 bridgehead atoms. The van der Waals surface area contributed by atoms with Crippen molar-refractivity contribution in [3.63, 3.8) is 0 Å². The molecule has 0 saturated heterocycles. The summed E-state index contributed by atoms with van der Waals surface area (Å²) in [5.74, 6) is 0. The lowest BCUT2D eigenvalue weighted by Gasteiger charge is -2.14. The molecule has 1 aromatic heterocycles. The van der Waals surface area contributed by atoms with Crippen LogP contribution < -0.4 is 0 Å². The van der Waals surface area contributed by atoms with Gasteiger partial charge in [-0.3, -0.25) is 0 Å². The number of alkyl halides is 3. The quantitative estimate of drug-likeness (QED) is 0.636. The zero-order chi connectivity index (χ0) is 13.7. The minimum absolute atomic E-state index is 0.0471. The lowest BCUT2D eigenvalue weighted by molar-refractivity contribution is -0.141. The Hall–Kier alpha value is -0.810. The molecule has 0 radical (unpaired) electrons. The summed E-state index contributed by atoms with van der Waals surface area (Å²) in [5.41, 5.74) is 0.138. The van der Waals surface area contributed by atoms with Crippen LogP contribution in [-0.2, 0) is 6.18 Å². The highest BCUT2D eigenvalue weighted by Gasteiger charge is 2.36. The zero-order valence-corrected chi connectivity index (χ0v) is 11.8.